The number of nitrogens with one attached hydrogen (secondary N) is 2. The minimum atomic E-state index is -0.907. The first-order valence-electron chi connectivity index (χ1n) is 8.88. The quantitative estimate of drug-likeness (QED) is 0.551. The topological polar surface area (TPSA) is 95.6 Å². The van der Waals surface area contributed by atoms with Crippen LogP contribution in [0.2, 0.25) is 0 Å². The zero-order valence-electron chi connectivity index (χ0n) is 15.4. The van der Waals surface area contributed by atoms with Crippen molar-refractivity contribution >= 4 is 29.3 Å². The van der Waals surface area contributed by atoms with Gasteiger partial charge in [-0.3, -0.25) is 19.3 Å². The van der Waals surface area contributed by atoms with Crippen molar-refractivity contribution in [2.24, 2.45) is 0 Å². The third-order valence-corrected chi connectivity index (χ3v) is 4.45. The molecule has 26 heavy (non-hydrogen) atoms. The van der Waals surface area contributed by atoms with Gasteiger partial charge >= 0.3 is 6.03 Å². The van der Waals surface area contributed by atoms with Crippen molar-refractivity contribution in [3.8, 4) is 0 Å². The molecule has 1 heterocycles. The van der Waals surface area contributed by atoms with Gasteiger partial charge in [-0.15, -0.1) is 0 Å². The zero-order chi connectivity index (χ0) is 19.3. The molecule has 2 rings (SSSR count). The number of rotatable bonds is 8. The Morgan fingerprint density at radius 3 is 2.38 bits per heavy atom. The van der Waals surface area contributed by atoms with Crippen LogP contribution in [0.4, 0.5) is 10.5 Å². The van der Waals surface area contributed by atoms with E-state index in [9.17, 15) is 19.2 Å². The van der Waals surface area contributed by atoms with Crippen molar-refractivity contribution in [2.75, 3.05) is 11.9 Å². The number of nitrogens with zero attached hydrogens (tertiary/aromatic N) is 1. The van der Waals surface area contributed by atoms with Crippen LogP contribution in [0.3, 0.4) is 0 Å². The number of ketones is 1. The molecule has 7 nitrogen and oxygen atoms in total. The Morgan fingerprint density at radius 2 is 1.81 bits per heavy atom. The molecular weight excluding hydrogens is 334 g/mol. The van der Waals surface area contributed by atoms with E-state index in [1.807, 2.05) is 13.8 Å². The summed E-state index contributed by atoms with van der Waals surface area (Å²) in [7, 11) is 0. The normalized spacial score (nSPS) is 15.7. The van der Waals surface area contributed by atoms with Gasteiger partial charge in [-0.1, -0.05) is 38.8 Å². The molecule has 1 fully saturated rings. The van der Waals surface area contributed by atoms with Gasteiger partial charge in [-0.25, -0.2) is 4.79 Å². The summed E-state index contributed by atoms with van der Waals surface area (Å²) in [6, 6.07) is 5.98. The van der Waals surface area contributed by atoms with E-state index in [1.54, 1.807) is 24.3 Å². The Bertz CT molecular complexity index is 723. The summed E-state index contributed by atoms with van der Waals surface area (Å²) in [6.45, 7) is 4.99. The van der Waals surface area contributed by atoms with Crippen LogP contribution in [0.5, 0.6) is 0 Å². The SMILES string of the molecule is CCCC1(CCC)NC(=O)N(CC(=O)Nc2cccc(C(C)=O)c2)C1=O. The van der Waals surface area contributed by atoms with Crippen LogP contribution >= 0.6 is 0 Å². The smallest absolute Gasteiger partial charge is 0.325 e. The van der Waals surface area contributed by atoms with E-state index in [-0.39, 0.29) is 18.2 Å². The maximum Gasteiger partial charge on any atom is 0.325 e. The largest absolute Gasteiger partial charge is 0.325 e. The number of hydrogen-bond donors (Lipinski definition) is 2. The average Bonchev–Trinajstić information content (AvgIpc) is 2.80. The highest BCUT2D eigenvalue weighted by Gasteiger charge is 2.50. The minimum absolute atomic E-state index is 0.112. The van der Waals surface area contributed by atoms with Gasteiger partial charge in [0, 0.05) is 11.3 Å². The molecule has 1 aliphatic rings. The maximum absolute atomic E-state index is 12.8. The summed E-state index contributed by atoms with van der Waals surface area (Å²) in [5.41, 5.74) is 0.0147. The lowest BCUT2D eigenvalue weighted by Crippen LogP contribution is -2.47. The average molecular weight is 359 g/mol. The van der Waals surface area contributed by atoms with Crippen LogP contribution in [0, 0.1) is 0 Å². The van der Waals surface area contributed by atoms with E-state index in [0.717, 1.165) is 17.7 Å². The van der Waals surface area contributed by atoms with E-state index in [1.165, 1.54) is 6.92 Å². The molecular formula is C19H25N3O4. The van der Waals surface area contributed by atoms with E-state index < -0.39 is 17.5 Å². The number of hydrogen-bond acceptors (Lipinski definition) is 4. The Balaban J connectivity index is 2.09. The number of imide groups is 1. The van der Waals surface area contributed by atoms with Gasteiger partial charge in [0.1, 0.15) is 12.1 Å². The monoisotopic (exact) mass is 359 g/mol. The predicted molar refractivity (Wildman–Crippen MR) is 97.9 cm³/mol. The Labute approximate surface area is 153 Å². The summed E-state index contributed by atoms with van der Waals surface area (Å²) in [4.78, 5) is 49.7. The van der Waals surface area contributed by atoms with Gasteiger partial charge in [0.25, 0.3) is 5.91 Å². The number of Topliss-reactive ketones (excluding diaryl/α,β-unsaturated/α-hetero) is 1. The summed E-state index contributed by atoms with van der Waals surface area (Å²) in [5.74, 6) is -0.948. The summed E-state index contributed by atoms with van der Waals surface area (Å²) in [6.07, 6.45) is 2.60. The van der Waals surface area contributed by atoms with Crippen LogP contribution in [0.15, 0.2) is 24.3 Å². The van der Waals surface area contributed by atoms with Gasteiger partial charge in [0.05, 0.1) is 0 Å². The van der Waals surface area contributed by atoms with Gasteiger partial charge in [-0.2, -0.15) is 0 Å². The predicted octanol–water partition coefficient (Wildman–Crippen LogP) is 2.72. The summed E-state index contributed by atoms with van der Waals surface area (Å²) >= 11 is 0. The van der Waals surface area contributed by atoms with E-state index >= 15 is 0 Å². The number of anilines is 1. The van der Waals surface area contributed by atoms with E-state index in [0.29, 0.717) is 24.1 Å². The highest BCUT2D eigenvalue weighted by molar-refractivity contribution is 6.10. The molecule has 0 bridgehead atoms. The molecule has 0 aromatic heterocycles. The molecule has 0 saturated carbocycles. The lowest BCUT2D eigenvalue weighted by atomic mass is 9.88. The molecule has 1 aromatic carbocycles. The van der Waals surface area contributed by atoms with E-state index in [2.05, 4.69) is 10.6 Å². The number of benzene rings is 1. The second-order valence-electron chi connectivity index (χ2n) is 6.59. The van der Waals surface area contributed by atoms with Crippen LogP contribution in [0.1, 0.15) is 56.8 Å². The summed E-state index contributed by atoms with van der Waals surface area (Å²) in [5, 5.41) is 5.41. The number of carbonyl (C=O) groups is 4. The van der Waals surface area contributed by atoms with Crippen molar-refractivity contribution in [1.82, 2.24) is 10.2 Å². The number of carbonyl (C=O) groups excluding carboxylic acids is 4. The summed E-state index contributed by atoms with van der Waals surface area (Å²) < 4.78 is 0. The number of amides is 4. The lowest BCUT2D eigenvalue weighted by molar-refractivity contribution is -0.134. The van der Waals surface area contributed by atoms with Gasteiger partial charge in [-0.05, 0) is 31.9 Å². The number of urea groups is 1. The van der Waals surface area contributed by atoms with Gasteiger partial charge in [0.15, 0.2) is 5.78 Å². The molecule has 4 amide bonds. The Kier molecular flexibility index (Phi) is 6.13. The third kappa shape index (κ3) is 4.09. The fraction of sp³-hybridized carbons (Fsp3) is 0.474. The van der Waals surface area contributed by atoms with Crippen molar-refractivity contribution in [2.45, 2.75) is 52.0 Å². The Morgan fingerprint density at radius 1 is 1.15 bits per heavy atom. The molecule has 0 unspecified atom stereocenters. The molecule has 0 spiro atoms. The second-order valence-corrected chi connectivity index (χ2v) is 6.59. The van der Waals surface area contributed by atoms with E-state index in [4.69, 9.17) is 0 Å². The first-order valence-corrected chi connectivity index (χ1v) is 8.88. The van der Waals surface area contributed by atoms with Crippen LogP contribution < -0.4 is 10.6 Å². The first kappa shape index (κ1) is 19.6. The molecule has 0 radical (unpaired) electrons. The van der Waals surface area contributed by atoms with Gasteiger partial charge < -0.3 is 10.6 Å². The highest BCUT2D eigenvalue weighted by Crippen LogP contribution is 2.28. The molecule has 0 aliphatic carbocycles. The molecule has 140 valence electrons. The van der Waals surface area contributed by atoms with Crippen molar-refractivity contribution in [3.63, 3.8) is 0 Å². The minimum Gasteiger partial charge on any atom is -0.325 e. The lowest BCUT2D eigenvalue weighted by Gasteiger charge is -2.25. The molecule has 1 aliphatic heterocycles. The van der Waals surface area contributed by atoms with Crippen molar-refractivity contribution in [3.05, 3.63) is 29.8 Å². The van der Waals surface area contributed by atoms with Crippen LogP contribution in [-0.2, 0) is 9.59 Å². The van der Waals surface area contributed by atoms with Gasteiger partial charge in [0.2, 0.25) is 5.91 Å². The maximum atomic E-state index is 12.8. The fourth-order valence-electron chi connectivity index (χ4n) is 3.30. The first-order chi connectivity index (χ1) is 12.3. The Hall–Kier alpha value is -2.70. The standard InChI is InChI=1S/C19H25N3O4/c1-4-9-19(10-5-2)17(25)22(18(26)21-19)12-16(24)20-15-8-6-7-14(11-15)13(3)23/h6-8,11H,4-5,9-10,12H2,1-3H3,(H,20,24)(H,21,26). The van der Waals surface area contributed by atoms with Crippen LogP contribution in [0.25, 0.3) is 0 Å². The molecule has 1 saturated heterocycles. The molecule has 1 aromatic rings. The van der Waals surface area contributed by atoms with Crippen LogP contribution in [-0.4, -0.2) is 40.6 Å². The van der Waals surface area contributed by atoms with Crippen molar-refractivity contribution in [1.29, 1.82) is 0 Å². The molecule has 7 heteroatoms. The zero-order valence-corrected chi connectivity index (χ0v) is 15.4. The third-order valence-electron chi connectivity index (χ3n) is 4.45. The molecule has 2 N–H and O–H groups in total. The second kappa shape index (κ2) is 8.12. The van der Waals surface area contributed by atoms with Crippen molar-refractivity contribution < 1.29 is 19.2 Å². The fourth-order valence-corrected chi connectivity index (χ4v) is 3.30. The highest BCUT2D eigenvalue weighted by atomic mass is 16.2. The molecule has 0 atom stereocenters.